The number of carbonyl (C=O) groups excluding carboxylic acids is 1. The molecule has 0 saturated carbocycles. The van der Waals surface area contributed by atoms with Gasteiger partial charge in [0.05, 0.1) is 16.1 Å². The zero-order chi connectivity index (χ0) is 15.1. The third kappa shape index (κ3) is 2.05. The summed E-state index contributed by atoms with van der Waals surface area (Å²) in [5.74, 6) is -0.103. The fourth-order valence-electron chi connectivity index (χ4n) is 2.61. The molecule has 1 amide bonds. The molecule has 0 unspecified atom stereocenters. The first-order valence-corrected chi connectivity index (χ1v) is 7.62. The number of nitrogens with zero attached hydrogens (tertiary/aromatic N) is 2. The maximum Gasteiger partial charge on any atom is 0.253 e. The number of fused-ring (bicyclic) bond motifs is 3. The van der Waals surface area contributed by atoms with Crippen LogP contribution in [0.2, 0.25) is 0 Å². The van der Waals surface area contributed by atoms with Crippen molar-refractivity contribution < 1.29 is 4.79 Å². The van der Waals surface area contributed by atoms with Gasteiger partial charge in [0.1, 0.15) is 0 Å². The first kappa shape index (κ1) is 13.8. The number of aromatic nitrogens is 1. The summed E-state index contributed by atoms with van der Waals surface area (Å²) in [4.78, 5) is 18.9. The van der Waals surface area contributed by atoms with Crippen molar-refractivity contribution in [1.29, 1.82) is 0 Å². The number of hydrogen-bond acceptors (Lipinski definition) is 4. The number of nitrogens with one attached hydrogen (secondary N) is 1. The van der Waals surface area contributed by atoms with Gasteiger partial charge in [-0.25, -0.2) is 0 Å². The predicted octanol–water partition coefficient (Wildman–Crippen LogP) is 3.18. The molecule has 0 bridgehead atoms. The fraction of sp³-hybridized carbons (Fsp3) is 0.250. The van der Waals surface area contributed by atoms with E-state index in [1.807, 2.05) is 39.2 Å². The Labute approximate surface area is 127 Å². The van der Waals surface area contributed by atoms with Crippen LogP contribution in [-0.4, -0.2) is 32.0 Å². The van der Waals surface area contributed by atoms with Crippen LogP contribution in [0, 0.1) is 6.92 Å². The molecule has 0 aliphatic carbocycles. The number of aryl methyl sites for hydroxylation is 1. The molecule has 0 spiro atoms. The lowest BCUT2D eigenvalue weighted by Gasteiger charge is -2.13. The van der Waals surface area contributed by atoms with E-state index in [0.29, 0.717) is 5.56 Å². The minimum atomic E-state index is -0.103. The molecular formula is C16H17N3OS. The van der Waals surface area contributed by atoms with Crippen molar-refractivity contribution in [3.05, 3.63) is 34.8 Å². The Morgan fingerprint density at radius 1 is 1.29 bits per heavy atom. The Hall–Kier alpha value is -2.14. The maximum absolute atomic E-state index is 12.1. The normalized spacial score (nSPS) is 11.0. The highest BCUT2D eigenvalue weighted by Gasteiger charge is 2.17. The van der Waals surface area contributed by atoms with E-state index in [0.717, 1.165) is 22.0 Å². The fourth-order valence-corrected chi connectivity index (χ4v) is 3.68. The molecule has 0 radical (unpaired) electrons. The lowest BCUT2D eigenvalue weighted by Crippen LogP contribution is -2.18. The van der Waals surface area contributed by atoms with Crippen LogP contribution in [0.5, 0.6) is 0 Å². The molecule has 0 aliphatic heterocycles. The highest BCUT2D eigenvalue weighted by atomic mass is 32.1. The molecule has 2 aromatic heterocycles. The number of rotatable bonds is 2. The predicted molar refractivity (Wildman–Crippen MR) is 89.6 cm³/mol. The summed E-state index contributed by atoms with van der Waals surface area (Å²) in [7, 11) is 5.72. The molecule has 5 heteroatoms. The zero-order valence-corrected chi connectivity index (χ0v) is 13.3. The Kier molecular flexibility index (Phi) is 3.29. The van der Waals surface area contributed by atoms with Gasteiger partial charge < -0.3 is 10.2 Å². The molecular weight excluding hydrogens is 282 g/mol. The van der Waals surface area contributed by atoms with Crippen molar-refractivity contribution in [2.45, 2.75) is 6.92 Å². The summed E-state index contributed by atoms with van der Waals surface area (Å²) in [5, 5.41) is 9.38. The summed E-state index contributed by atoms with van der Waals surface area (Å²) < 4.78 is 0. The third-order valence-electron chi connectivity index (χ3n) is 3.62. The van der Waals surface area contributed by atoms with E-state index >= 15 is 0 Å². The van der Waals surface area contributed by atoms with Crippen LogP contribution in [0.25, 0.3) is 21.7 Å². The van der Waals surface area contributed by atoms with Gasteiger partial charge in [0.15, 0.2) is 0 Å². The Balaban J connectivity index is 2.49. The van der Waals surface area contributed by atoms with Crippen molar-refractivity contribution >= 4 is 43.9 Å². The molecule has 0 saturated heterocycles. The van der Waals surface area contributed by atoms with Gasteiger partial charge in [0.25, 0.3) is 5.91 Å². The van der Waals surface area contributed by atoms with Gasteiger partial charge in [0.2, 0.25) is 0 Å². The molecule has 0 aliphatic rings. The molecule has 0 fully saturated rings. The lowest BCUT2D eigenvalue weighted by atomic mass is 10.0. The SMILES string of the molecule is CNC(=O)c1cccc2c1nc(C)c1csc(N(C)C)c12. The van der Waals surface area contributed by atoms with Gasteiger partial charge in [-0.1, -0.05) is 12.1 Å². The molecule has 4 nitrogen and oxygen atoms in total. The van der Waals surface area contributed by atoms with Gasteiger partial charge in [-0.2, -0.15) is 0 Å². The second-order valence-electron chi connectivity index (χ2n) is 5.20. The number of pyridine rings is 1. The summed E-state index contributed by atoms with van der Waals surface area (Å²) in [6, 6.07) is 5.78. The molecule has 1 aromatic carbocycles. The molecule has 108 valence electrons. The first-order valence-electron chi connectivity index (χ1n) is 6.74. The van der Waals surface area contributed by atoms with Crippen LogP contribution in [0.1, 0.15) is 16.1 Å². The van der Waals surface area contributed by atoms with E-state index in [2.05, 4.69) is 20.6 Å². The molecule has 0 atom stereocenters. The second kappa shape index (κ2) is 5.00. The van der Waals surface area contributed by atoms with Gasteiger partial charge in [-0.15, -0.1) is 11.3 Å². The van der Waals surface area contributed by atoms with E-state index < -0.39 is 0 Å². The number of benzene rings is 1. The van der Waals surface area contributed by atoms with Gasteiger partial charge >= 0.3 is 0 Å². The van der Waals surface area contributed by atoms with Gasteiger partial charge in [-0.3, -0.25) is 9.78 Å². The van der Waals surface area contributed by atoms with Crippen LogP contribution >= 0.6 is 11.3 Å². The molecule has 3 rings (SSSR count). The van der Waals surface area contributed by atoms with Crippen LogP contribution in [-0.2, 0) is 0 Å². The second-order valence-corrected chi connectivity index (χ2v) is 6.06. The van der Waals surface area contributed by atoms with Crippen molar-refractivity contribution in [2.75, 3.05) is 26.0 Å². The molecule has 21 heavy (non-hydrogen) atoms. The highest BCUT2D eigenvalue weighted by molar-refractivity contribution is 7.16. The van der Waals surface area contributed by atoms with Gasteiger partial charge in [0, 0.05) is 48.4 Å². The third-order valence-corrected chi connectivity index (χ3v) is 4.77. The summed E-state index contributed by atoms with van der Waals surface area (Å²) in [6.45, 7) is 1.99. The monoisotopic (exact) mass is 299 g/mol. The Morgan fingerprint density at radius 3 is 2.71 bits per heavy atom. The van der Waals surface area contributed by atoms with Crippen molar-refractivity contribution in [1.82, 2.24) is 10.3 Å². The van der Waals surface area contributed by atoms with E-state index in [1.54, 1.807) is 18.4 Å². The smallest absolute Gasteiger partial charge is 0.253 e. The van der Waals surface area contributed by atoms with Crippen LogP contribution < -0.4 is 10.2 Å². The minimum absolute atomic E-state index is 0.103. The zero-order valence-electron chi connectivity index (χ0n) is 12.5. The number of carbonyl (C=O) groups is 1. The van der Waals surface area contributed by atoms with E-state index in [9.17, 15) is 4.79 Å². The van der Waals surface area contributed by atoms with E-state index in [1.165, 1.54) is 10.4 Å². The quantitative estimate of drug-likeness (QED) is 0.790. The minimum Gasteiger partial charge on any atom is -0.369 e. The average molecular weight is 299 g/mol. The number of para-hydroxylation sites is 1. The number of thiophene rings is 1. The van der Waals surface area contributed by atoms with Gasteiger partial charge in [-0.05, 0) is 13.0 Å². The number of hydrogen-bond donors (Lipinski definition) is 1. The van der Waals surface area contributed by atoms with E-state index in [-0.39, 0.29) is 5.91 Å². The van der Waals surface area contributed by atoms with Crippen LogP contribution in [0.4, 0.5) is 5.00 Å². The first-order chi connectivity index (χ1) is 10.0. The Morgan fingerprint density at radius 2 is 2.05 bits per heavy atom. The maximum atomic E-state index is 12.1. The van der Waals surface area contributed by atoms with Crippen LogP contribution in [0.15, 0.2) is 23.6 Å². The molecule has 2 heterocycles. The van der Waals surface area contributed by atoms with E-state index in [4.69, 9.17) is 0 Å². The van der Waals surface area contributed by atoms with Crippen molar-refractivity contribution in [3.8, 4) is 0 Å². The topological polar surface area (TPSA) is 45.2 Å². The Bertz CT molecular complexity index is 851. The lowest BCUT2D eigenvalue weighted by molar-refractivity contribution is 0.0964. The standard InChI is InChI=1S/C16H17N3OS/c1-9-12-8-21-16(19(3)4)13(12)10-6-5-7-11(14(10)18-9)15(20)17-2/h5-8H,1-4H3,(H,17,20). The number of amides is 1. The average Bonchev–Trinajstić information content (AvgIpc) is 2.92. The highest BCUT2D eigenvalue weighted by Crippen LogP contribution is 2.39. The molecule has 3 aromatic rings. The van der Waals surface area contributed by atoms with Crippen molar-refractivity contribution in [3.63, 3.8) is 0 Å². The summed E-state index contributed by atoms with van der Waals surface area (Å²) >= 11 is 1.71. The van der Waals surface area contributed by atoms with Crippen molar-refractivity contribution in [2.24, 2.45) is 0 Å². The summed E-state index contributed by atoms with van der Waals surface area (Å²) in [6.07, 6.45) is 0. The number of anilines is 1. The largest absolute Gasteiger partial charge is 0.369 e. The van der Waals surface area contributed by atoms with Crippen LogP contribution in [0.3, 0.4) is 0 Å². The molecule has 1 N–H and O–H groups in total. The summed E-state index contributed by atoms with van der Waals surface area (Å²) in [5.41, 5.74) is 2.34.